The van der Waals surface area contributed by atoms with E-state index >= 15 is 0 Å². The Morgan fingerprint density at radius 3 is 0.927 bits per heavy atom. The van der Waals surface area contributed by atoms with Gasteiger partial charge >= 0.3 is 0 Å². The van der Waals surface area contributed by atoms with Gasteiger partial charge in [-0.25, -0.2) is 0 Å². The molecule has 3 aliphatic heterocycles. The summed E-state index contributed by atoms with van der Waals surface area (Å²) in [5.41, 5.74) is 9.93. The summed E-state index contributed by atoms with van der Waals surface area (Å²) >= 11 is 0. The molecular weight excluding hydrogens is 889 g/mol. The molecule has 0 aromatic heterocycles. The van der Waals surface area contributed by atoms with E-state index < -0.39 is 36.0 Å². The third-order valence-corrected chi connectivity index (χ3v) is 11.3. The van der Waals surface area contributed by atoms with Gasteiger partial charge in [-0.05, 0) is 34.0 Å². The Hall–Kier alpha value is -2.50. The largest absolute Gasteiger partial charge is 0.657 e. The summed E-state index contributed by atoms with van der Waals surface area (Å²) in [6.45, 7) is 22.0. The number of allylic oxidation sites excluding steroid dienone is 6. The van der Waals surface area contributed by atoms with Crippen molar-refractivity contribution in [3.63, 3.8) is 0 Å². The van der Waals surface area contributed by atoms with E-state index in [1.54, 1.807) is 0 Å². The minimum Gasteiger partial charge on any atom is -0.657 e. The number of piperidine rings is 3. The molecule has 3 fully saturated rings. The van der Waals surface area contributed by atoms with Crippen LogP contribution in [0.5, 0.6) is 0 Å². The molecule has 10 heteroatoms. The van der Waals surface area contributed by atoms with E-state index in [4.69, 9.17) is 0 Å². The van der Waals surface area contributed by atoms with Crippen LogP contribution in [0, 0.1) is 52.5 Å². The Labute approximate surface area is 340 Å². The first kappa shape index (κ1) is 46.9. The Morgan fingerprint density at radius 2 is 0.727 bits per heavy atom. The standard InChI is InChI=1S/3C15H19F2N.Ir/c3*1-15(2,3)10-6-7-18-14(8-10)12-5-4-11(16)9-13(12)17;/h3*4,9-10,14H,6-8H2,1-3H3;/q3*-2;. The monoisotopic (exact) mass is 946 g/mol. The second-order valence-electron chi connectivity index (χ2n) is 18.3. The van der Waals surface area contributed by atoms with Gasteiger partial charge in [0, 0.05) is 56.1 Å². The van der Waals surface area contributed by atoms with Crippen LogP contribution in [-0.2, 0) is 20.1 Å². The van der Waals surface area contributed by atoms with Crippen molar-refractivity contribution in [2.75, 3.05) is 19.6 Å². The van der Waals surface area contributed by atoms with Gasteiger partial charge in [-0.3, -0.25) is 43.5 Å². The summed E-state index contributed by atoms with van der Waals surface area (Å²) < 4.78 is 79.8. The quantitative estimate of drug-likeness (QED) is 0.154. The molecule has 0 aromatic rings. The molecule has 3 aliphatic carbocycles. The Kier molecular flexibility index (Phi) is 16.9. The minimum atomic E-state index is -0.584. The normalized spacial score (nSPS) is 28.5. The molecule has 0 aromatic carbocycles. The molecule has 309 valence electrons. The van der Waals surface area contributed by atoms with Crippen LogP contribution in [0.3, 0.4) is 0 Å². The van der Waals surface area contributed by atoms with Crippen LogP contribution in [0.4, 0.5) is 26.3 Å². The third kappa shape index (κ3) is 13.6. The van der Waals surface area contributed by atoms with Gasteiger partial charge in [0.2, 0.25) is 0 Å². The molecule has 3 heterocycles. The van der Waals surface area contributed by atoms with Gasteiger partial charge in [0.1, 0.15) is 0 Å². The molecule has 0 N–H and O–H groups in total. The Morgan fingerprint density at radius 1 is 0.491 bits per heavy atom. The van der Waals surface area contributed by atoms with Crippen LogP contribution in [-0.4, -0.2) is 37.8 Å². The molecule has 0 amide bonds. The molecule has 6 atom stereocenters. The van der Waals surface area contributed by atoms with E-state index in [-0.39, 0.29) is 54.5 Å². The minimum absolute atomic E-state index is 0. The first-order valence-electron chi connectivity index (χ1n) is 19.2. The van der Waals surface area contributed by atoms with Gasteiger partial charge in [0.05, 0.1) is 0 Å². The maximum absolute atomic E-state index is 13.7. The van der Waals surface area contributed by atoms with Crippen molar-refractivity contribution in [1.82, 2.24) is 0 Å². The predicted molar refractivity (Wildman–Crippen MR) is 208 cm³/mol. The van der Waals surface area contributed by atoms with E-state index in [0.29, 0.717) is 34.5 Å². The van der Waals surface area contributed by atoms with E-state index in [2.05, 4.69) is 95.5 Å². The zero-order chi connectivity index (χ0) is 40.0. The smallest absolute Gasteiger partial charge is 0.0198 e. The summed E-state index contributed by atoms with van der Waals surface area (Å²) in [6.07, 6.45) is 10.3. The summed E-state index contributed by atoms with van der Waals surface area (Å²) in [6, 6.07) is -0.532. The van der Waals surface area contributed by atoms with Gasteiger partial charge < -0.3 is 16.0 Å². The van der Waals surface area contributed by atoms with Crippen molar-refractivity contribution in [2.24, 2.45) is 34.0 Å². The molecule has 55 heavy (non-hydrogen) atoms. The van der Waals surface area contributed by atoms with Crippen LogP contribution < -0.4 is 0 Å². The number of halogens is 6. The topological polar surface area (TPSA) is 42.3 Å². The zero-order valence-corrected chi connectivity index (χ0v) is 36.1. The molecular formula is C45H57F6IrN3-6. The molecule has 1 radical (unpaired) electrons. The first-order valence-corrected chi connectivity index (χ1v) is 19.2. The Bertz CT molecular complexity index is 1430. The molecule has 0 spiro atoms. The van der Waals surface area contributed by atoms with Gasteiger partial charge in [0.15, 0.2) is 0 Å². The molecule has 0 saturated carbocycles. The van der Waals surface area contributed by atoms with Crippen molar-refractivity contribution < 1.29 is 46.4 Å². The number of hydrogen-bond acceptors (Lipinski definition) is 0. The molecule has 3 saturated heterocycles. The Balaban J connectivity index is 0.000000220. The number of nitrogens with zero attached hydrogens (tertiary/aromatic N) is 3. The van der Waals surface area contributed by atoms with Crippen molar-refractivity contribution in [3.8, 4) is 0 Å². The van der Waals surface area contributed by atoms with Crippen LogP contribution >= 0.6 is 0 Å². The molecule has 0 bridgehead atoms. The second-order valence-corrected chi connectivity index (χ2v) is 18.3. The molecule has 6 aliphatic rings. The zero-order valence-electron chi connectivity index (χ0n) is 33.7. The summed E-state index contributed by atoms with van der Waals surface area (Å²) in [7, 11) is 0. The van der Waals surface area contributed by atoms with Gasteiger partial charge in [-0.15, -0.1) is 90.9 Å². The van der Waals surface area contributed by atoms with Crippen molar-refractivity contribution in [2.45, 2.75) is 119 Å². The SMILES string of the molecule is CC(C)(C)C1CC[N-]C(C2=C=CC(F)=C[C-]2F)C1.CC(C)(C)C1CC[N-]C(C2=C=CC(F)=C[C-]2F)C1.CC(C)(C)C1CC[N-]C(C2=C=CC(F)=C[C-]2F)C1.[Ir]. The summed E-state index contributed by atoms with van der Waals surface area (Å²) in [5.74, 6) is -0.216. The van der Waals surface area contributed by atoms with Crippen LogP contribution in [0.2, 0.25) is 0 Å². The van der Waals surface area contributed by atoms with Crippen molar-refractivity contribution in [3.05, 3.63) is 122 Å². The maximum Gasteiger partial charge on any atom is 0.0198 e. The van der Waals surface area contributed by atoms with Crippen LogP contribution in [0.15, 0.2) is 87.8 Å². The summed E-state index contributed by atoms with van der Waals surface area (Å²) in [4.78, 5) is 0. The summed E-state index contributed by atoms with van der Waals surface area (Å²) in [5, 5.41) is 13.4. The fraction of sp³-hybridized carbons (Fsp3) is 0.600. The van der Waals surface area contributed by atoms with Crippen molar-refractivity contribution in [1.29, 1.82) is 0 Å². The van der Waals surface area contributed by atoms with Gasteiger partial charge in [0.25, 0.3) is 0 Å². The van der Waals surface area contributed by atoms with Crippen molar-refractivity contribution >= 4 is 0 Å². The molecule has 6 unspecified atom stereocenters. The number of rotatable bonds is 3. The average Bonchev–Trinajstić information content (AvgIpc) is 3.08. The third-order valence-electron chi connectivity index (χ3n) is 11.3. The second kappa shape index (κ2) is 19.8. The van der Waals surface area contributed by atoms with E-state index in [1.807, 2.05) is 0 Å². The van der Waals surface area contributed by atoms with E-state index in [0.717, 1.165) is 76.4 Å². The first-order chi connectivity index (χ1) is 25.1. The molecule has 3 nitrogen and oxygen atoms in total. The maximum atomic E-state index is 13.7. The van der Waals surface area contributed by atoms with Gasteiger partial charge in [-0.2, -0.15) is 0 Å². The van der Waals surface area contributed by atoms with Gasteiger partial charge in [-0.1, -0.05) is 101 Å². The molecule has 6 rings (SSSR count). The fourth-order valence-electron chi connectivity index (χ4n) is 7.67. The number of hydrogen-bond donors (Lipinski definition) is 0. The fourth-order valence-corrected chi connectivity index (χ4v) is 7.67. The van der Waals surface area contributed by atoms with E-state index in [1.165, 1.54) is 18.2 Å². The van der Waals surface area contributed by atoms with Crippen LogP contribution in [0.1, 0.15) is 101 Å². The van der Waals surface area contributed by atoms with E-state index in [9.17, 15) is 26.3 Å². The van der Waals surface area contributed by atoms with Crippen LogP contribution in [0.25, 0.3) is 16.0 Å². The average molecular weight is 946 g/mol. The predicted octanol–water partition coefficient (Wildman–Crippen LogP) is 13.9.